The number of nitrogens with zero attached hydrogens (tertiary/aromatic N) is 4. The van der Waals surface area contributed by atoms with Crippen molar-refractivity contribution in [2.45, 2.75) is 12.5 Å². The van der Waals surface area contributed by atoms with E-state index in [1.807, 2.05) is 65.7 Å². The van der Waals surface area contributed by atoms with E-state index in [-0.39, 0.29) is 11.9 Å². The Hall–Kier alpha value is -3.74. The summed E-state index contributed by atoms with van der Waals surface area (Å²) in [5.41, 5.74) is 7.81. The maximum absolute atomic E-state index is 12.6. The molecule has 0 aliphatic carbocycles. The van der Waals surface area contributed by atoms with Crippen molar-refractivity contribution in [1.82, 2.24) is 15.4 Å². The van der Waals surface area contributed by atoms with Crippen LogP contribution < -0.4 is 15.9 Å². The molecule has 0 spiro atoms. The summed E-state index contributed by atoms with van der Waals surface area (Å²) < 4.78 is 0. The Labute approximate surface area is 156 Å². The molecule has 7 nitrogen and oxygen atoms in total. The molecule has 1 aromatic heterocycles. The zero-order valence-electron chi connectivity index (χ0n) is 14.5. The van der Waals surface area contributed by atoms with Crippen molar-refractivity contribution < 1.29 is 4.79 Å². The van der Waals surface area contributed by atoms with Crippen molar-refractivity contribution in [2.75, 3.05) is 10.4 Å². The highest BCUT2D eigenvalue weighted by Gasteiger charge is 2.32. The summed E-state index contributed by atoms with van der Waals surface area (Å²) in [6, 6.07) is 21.6. The molecule has 0 saturated carbocycles. The number of anilines is 2. The number of rotatable bonds is 5. The van der Waals surface area contributed by atoms with Gasteiger partial charge in [0.15, 0.2) is 0 Å². The van der Waals surface area contributed by atoms with Crippen LogP contribution in [0, 0.1) is 0 Å². The number of para-hydroxylation sites is 1. The monoisotopic (exact) mass is 358 g/mol. The van der Waals surface area contributed by atoms with Crippen LogP contribution in [0.5, 0.6) is 0 Å². The Balaban J connectivity index is 1.55. The summed E-state index contributed by atoms with van der Waals surface area (Å²) in [6.45, 7) is 0. The van der Waals surface area contributed by atoms with Gasteiger partial charge >= 0.3 is 0 Å². The maximum atomic E-state index is 12.6. The Morgan fingerprint density at radius 3 is 2.30 bits per heavy atom. The average Bonchev–Trinajstić information content (AvgIpc) is 3.20. The maximum Gasteiger partial charge on any atom is 0.285 e. The number of hydrazine groups is 1. The van der Waals surface area contributed by atoms with Crippen LogP contribution in [-0.4, -0.2) is 21.6 Å². The van der Waals surface area contributed by atoms with Crippen LogP contribution in [0.3, 0.4) is 0 Å². The number of nitrogens with one attached hydrogen (secondary N) is 2. The quantitative estimate of drug-likeness (QED) is 0.685. The van der Waals surface area contributed by atoms with E-state index in [4.69, 9.17) is 0 Å². The molecule has 2 aromatic carbocycles. The van der Waals surface area contributed by atoms with E-state index >= 15 is 0 Å². The number of aromatic nitrogens is 2. The Kier molecular flexibility index (Phi) is 4.74. The Morgan fingerprint density at radius 2 is 1.59 bits per heavy atom. The zero-order valence-corrected chi connectivity index (χ0v) is 14.5. The van der Waals surface area contributed by atoms with Gasteiger partial charge in [-0.2, -0.15) is 5.10 Å². The first-order chi connectivity index (χ1) is 13.3. The van der Waals surface area contributed by atoms with Crippen molar-refractivity contribution >= 4 is 23.3 Å². The van der Waals surface area contributed by atoms with Crippen LogP contribution in [0.1, 0.15) is 18.0 Å². The van der Waals surface area contributed by atoms with E-state index < -0.39 is 0 Å². The van der Waals surface area contributed by atoms with Crippen LogP contribution in [0.25, 0.3) is 0 Å². The van der Waals surface area contributed by atoms with E-state index in [1.54, 1.807) is 18.5 Å². The van der Waals surface area contributed by atoms with Gasteiger partial charge in [0.25, 0.3) is 5.91 Å². The van der Waals surface area contributed by atoms with Crippen LogP contribution in [0.4, 0.5) is 11.6 Å². The Morgan fingerprint density at radius 1 is 0.926 bits per heavy atom. The molecule has 7 heteroatoms. The fraction of sp³-hybridized carbons (Fsp3) is 0.100. The fourth-order valence-corrected chi connectivity index (χ4v) is 2.95. The highest BCUT2D eigenvalue weighted by Crippen LogP contribution is 2.34. The molecule has 4 rings (SSSR count). The fourth-order valence-electron chi connectivity index (χ4n) is 2.95. The van der Waals surface area contributed by atoms with Gasteiger partial charge < -0.3 is 0 Å². The number of carbonyl (C=O) groups is 1. The lowest BCUT2D eigenvalue weighted by Crippen LogP contribution is -2.35. The number of benzene rings is 2. The van der Waals surface area contributed by atoms with Crippen molar-refractivity contribution in [3.8, 4) is 0 Å². The first-order valence-electron chi connectivity index (χ1n) is 8.61. The minimum atomic E-state index is -0.304. The van der Waals surface area contributed by atoms with Crippen LogP contribution in [0.15, 0.2) is 84.2 Å². The van der Waals surface area contributed by atoms with Gasteiger partial charge in [-0.3, -0.25) is 20.7 Å². The average molecular weight is 358 g/mol. The highest BCUT2D eigenvalue weighted by atomic mass is 16.2. The highest BCUT2D eigenvalue weighted by molar-refractivity contribution is 6.39. The molecule has 1 amide bonds. The zero-order chi connectivity index (χ0) is 18.5. The molecule has 1 atom stereocenters. The summed E-state index contributed by atoms with van der Waals surface area (Å²) in [7, 11) is 0. The molecule has 0 saturated heterocycles. The van der Waals surface area contributed by atoms with Gasteiger partial charge in [0.2, 0.25) is 5.95 Å². The summed E-state index contributed by atoms with van der Waals surface area (Å²) in [6.07, 6.45) is 3.69. The van der Waals surface area contributed by atoms with Crippen molar-refractivity contribution in [3.63, 3.8) is 0 Å². The second-order valence-electron chi connectivity index (χ2n) is 6.01. The number of carbonyl (C=O) groups excluding carboxylic acids is 1. The molecular weight excluding hydrogens is 340 g/mol. The van der Waals surface area contributed by atoms with Gasteiger partial charge in [-0.25, -0.2) is 9.97 Å². The van der Waals surface area contributed by atoms with Crippen LogP contribution in [-0.2, 0) is 4.79 Å². The van der Waals surface area contributed by atoms with E-state index in [1.165, 1.54) is 0 Å². The van der Waals surface area contributed by atoms with Gasteiger partial charge in [-0.15, -0.1) is 0 Å². The third-order valence-corrected chi connectivity index (χ3v) is 4.23. The van der Waals surface area contributed by atoms with Gasteiger partial charge in [0.1, 0.15) is 5.71 Å². The number of amides is 1. The first kappa shape index (κ1) is 16.7. The molecule has 0 unspecified atom stereocenters. The van der Waals surface area contributed by atoms with E-state index in [0.717, 1.165) is 11.3 Å². The molecule has 2 N–H and O–H groups in total. The van der Waals surface area contributed by atoms with Gasteiger partial charge in [0, 0.05) is 18.8 Å². The van der Waals surface area contributed by atoms with Gasteiger partial charge in [0.05, 0.1) is 11.7 Å². The number of hydrazone groups is 1. The smallest absolute Gasteiger partial charge is 0.266 e. The van der Waals surface area contributed by atoms with Crippen molar-refractivity contribution in [3.05, 3.63) is 84.7 Å². The van der Waals surface area contributed by atoms with Gasteiger partial charge in [-0.05, 0) is 23.8 Å². The molecule has 0 fully saturated rings. The Bertz CT molecular complexity index is 930. The van der Waals surface area contributed by atoms with E-state index in [9.17, 15) is 4.79 Å². The SMILES string of the molecule is O=C(NNc1ncccn1)C1=NN(c2ccccc2)[C@@H](c2ccccc2)C1. The number of hydrogen-bond donors (Lipinski definition) is 2. The molecule has 3 aromatic rings. The molecule has 0 bridgehead atoms. The predicted molar refractivity (Wildman–Crippen MR) is 104 cm³/mol. The minimum absolute atomic E-state index is 0.0395. The summed E-state index contributed by atoms with van der Waals surface area (Å²) in [4.78, 5) is 20.6. The first-order valence-corrected chi connectivity index (χ1v) is 8.61. The van der Waals surface area contributed by atoms with E-state index in [0.29, 0.717) is 18.1 Å². The molecule has 27 heavy (non-hydrogen) atoms. The van der Waals surface area contributed by atoms with Gasteiger partial charge in [-0.1, -0.05) is 48.5 Å². The lowest BCUT2D eigenvalue weighted by Gasteiger charge is -2.23. The topological polar surface area (TPSA) is 82.5 Å². The minimum Gasteiger partial charge on any atom is -0.266 e. The lowest BCUT2D eigenvalue weighted by atomic mass is 10.0. The largest absolute Gasteiger partial charge is 0.285 e. The standard InChI is InChI=1S/C20H18N6O/c27-19(23-24-20-21-12-7-13-22-20)17-14-18(15-8-3-1-4-9-15)26(25-17)16-10-5-2-6-11-16/h1-13,18H,14H2,(H,23,27)(H,21,22,24)/t18-/m1/s1. The molecule has 1 aliphatic heterocycles. The van der Waals surface area contributed by atoms with Crippen LogP contribution in [0.2, 0.25) is 0 Å². The predicted octanol–water partition coefficient (Wildman–Crippen LogP) is 2.93. The molecule has 2 heterocycles. The normalized spacial score (nSPS) is 15.9. The van der Waals surface area contributed by atoms with Crippen LogP contribution >= 0.6 is 0 Å². The second kappa shape index (κ2) is 7.65. The van der Waals surface area contributed by atoms with E-state index in [2.05, 4.69) is 25.9 Å². The third-order valence-electron chi connectivity index (χ3n) is 4.23. The molecule has 1 aliphatic rings. The molecule has 0 radical (unpaired) electrons. The number of hydrogen-bond acceptors (Lipinski definition) is 6. The lowest BCUT2D eigenvalue weighted by molar-refractivity contribution is -0.114. The van der Waals surface area contributed by atoms with Crippen molar-refractivity contribution in [2.24, 2.45) is 5.10 Å². The summed E-state index contributed by atoms with van der Waals surface area (Å²) in [5, 5.41) is 6.48. The third kappa shape index (κ3) is 3.77. The summed E-state index contributed by atoms with van der Waals surface area (Å²) >= 11 is 0. The summed E-state index contributed by atoms with van der Waals surface area (Å²) in [5.74, 6) is 0.0192. The second-order valence-corrected chi connectivity index (χ2v) is 6.01. The molecular formula is C20H18N6O. The van der Waals surface area contributed by atoms with Crippen molar-refractivity contribution in [1.29, 1.82) is 0 Å². The molecule has 134 valence electrons.